The monoisotopic (exact) mass is 542 g/mol. The third kappa shape index (κ3) is 4.16. The van der Waals surface area contributed by atoms with Gasteiger partial charge in [-0.1, -0.05) is 24.3 Å². The number of rotatable bonds is 6. The molecular formula is C29H23FN4O6. The number of benzene rings is 3. The number of halogens is 1. The zero-order valence-corrected chi connectivity index (χ0v) is 21.4. The fourth-order valence-corrected chi connectivity index (χ4v) is 5.08. The van der Waals surface area contributed by atoms with E-state index in [9.17, 15) is 18.8 Å². The van der Waals surface area contributed by atoms with Gasteiger partial charge in [0.15, 0.2) is 17.6 Å². The lowest BCUT2D eigenvalue weighted by Gasteiger charge is -2.29. The quantitative estimate of drug-likeness (QED) is 0.206. The van der Waals surface area contributed by atoms with Gasteiger partial charge in [0.05, 0.1) is 24.5 Å². The molecule has 2 aliphatic rings. The van der Waals surface area contributed by atoms with Gasteiger partial charge in [-0.25, -0.2) is 19.1 Å². The molecule has 2 saturated heterocycles. The van der Waals surface area contributed by atoms with Crippen molar-refractivity contribution in [3.8, 4) is 11.5 Å². The first kappa shape index (κ1) is 25.3. The van der Waals surface area contributed by atoms with Gasteiger partial charge in [0.25, 0.3) is 5.91 Å². The second kappa shape index (κ2) is 9.93. The molecule has 3 heterocycles. The third-order valence-electron chi connectivity index (χ3n) is 6.97. The molecule has 6 rings (SSSR count). The summed E-state index contributed by atoms with van der Waals surface area (Å²) in [5.41, 5.74) is 1.75. The molecule has 0 bridgehead atoms. The summed E-state index contributed by atoms with van der Waals surface area (Å²) in [6, 6.07) is 19.9. The minimum Gasteiger partial charge on any atom is -0.493 e. The van der Waals surface area contributed by atoms with Crippen LogP contribution in [0.15, 0.2) is 85.1 Å². The fourth-order valence-electron chi connectivity index (χ4n) is 5.08. The van der Waals surface area contributed by atoms with Crippen molar-refractivity contribution in [1.82, 2.24) is 9.78 Å². The number of imide groups is 1. The molecule has 3 aromatic carbocycles. The largest absolute Gasteiger partial charge is 0.493 e. The summed E-state index contributed by atoms with van der Waals surface area (Å²) < 4.78 is 26.0. The molecule has 2 fully saturated rings. The summed E-state index contributed by atoms with van der Waals surface area (Å²) in [6.45, 7) is 0. The number of anilines is 2. The van der Waals surface area contributed by atoms with E-state index >= 15 is 0 Å². The van der Waals surface area contributed by atoms with Gasteiger partial charge in [-0.15, -0.1) is 0 Å². The van der Waals surface area contributed by atoms with E-state index in [2.05, 4.69) is 5.10 Å². The van der Waals surface area contributed by atoms with Crippen LogP contribution in [0, 0.1) is 11.7 Å². The number of fused-ring (bicyclic) bond motifs is 1. The Morgan fingerprint density at radius 2 is 1.68 bits per heavy atom. The molecule has 0 radical (unpaired) electrons. The number of para-hydroxylation sites is 1. The molecule has 202 valence electrons. The summed E-state index contributed by atoms with van der Waals surface area (Å²) >= 11 is 0. The summed E-state index contributed by atoms with van der Waals surface area (Å²) in [4.78, 5) is 47.1. The summed E-state index contributed by atoms with van der Waals surface area (Å²) in [5.74, 6) is -2.62. The van der Waals surface area contributed by atoms with Crippen LogP contribution in [-0.4, -0.2) is 40.8 Å². The molecule has 10 nitrogen and oxygen atoms in total. The Morgan fingerprint density at radius 1 is 0.925 bits per heavy atom. The van der Waals surface area contributed by atoms with Crippen molar-refractivity contribution in [3.63, 3.8) is 0 Å². The Morgan fingerprint density at radius 3 is 2.35 bits per heavy atom. The van der Waals surface area contributed by atoms with Gasteiger partial charge in [0.1, 0.15) is 17.4 Å². The number of esters is 1. The fraction of sp³-hybridized carbons (Fsp3) is 0.172. The zero-order chi connectivity index (χ0) is 28.0. The van der Waals surface area contributed by atoms with Crippen LogP contribution in [0.2, 0.25) is 0 Å². The van der Waals surface area contributed by atoms with Crippen LogP contribution in [0.25, 0.3) is 0 Å². The van der Waals surface area contributed by atoms with Crippen LogP contribution in [0.4, 0.5) is 15.8 Å². The van der Waals surface area contributed by atoms with Crippen molar-refractivity contribution in [3.05, 3.63) is 102 Å². The molecule has 11 heteroatoms. The van der Waals surface area contributed by atoms with E-state index in [0.717, 1.165) is 4.90 Å². The first-order valence-electron chi connectivity index (χ1n) is 12.4. The van der Waals surface area contributed by atoms with Crippen molar-refractivity contribution in [1.29, 1.82) is 0 Å². The van der Waals surface area contributed by atoms with Gasteiger partial charge in [-0.2, -0.15) is 5.10 Å². The lowest BCUT2D eigenvalue weighted by atomic mass is 9.90. The summed E-state index contributed by atoms with van der Waals surface area (Å²) in [6.07, 6.45) is 0.386. The second-order valence-corrected chi connectivity index (χ2v) is 9.29. The van der Waals surface area contributed by atoms with E-state index in [1.165, 1.54) is 48.3 Å². The number of carbonyl (C=O) groups excluding carboxylic acids is 3. The average molecular weight is 543 g/mol. The second-order valence-electron chi connectivity index (χ2n) is 9.29. The molecule has 0 aliphatic carbocycles. The van der Waals surface area contributed by atoms with Crippen LogP contribution in [0.1, 0.15) is 22.1 Å². The standard InChI is InChI=1S/C29H23FN4O6/c1-32-21(14-15-31-32)29(37)39-22-13-8-17(16-23(22)38-2)25-24-26(40-34(25)20-6-4-3-5-7-20)28(36)33(27(24)35)19-11-9-18(30)10-12-19/h3-16,24-26H,1-2H3/t24-,25+,26+/m0/s1. The highest BCUT2D eigenvalue weighted by Gasteiger charge is 2.60. The van der Waals surface area contributed by atoms with Gasteiger partial charge in [-0.05, 0) is 60.2 Å². The van der Waals surface area contributed by atoms with Crippen LogP contribution >= 0.6 is 0 Å². The van der Waals surface area contributed by atoms with E-state index in [4.69, 9.17) is 14.3 Å². The molecule has 40 heavy (non-hydrogen) atoms. The summed E-state index contributed by atoms with van der Waals surface area (Å²) in [5, 5.41) is 5.53. The van der Waals surface area contributed by atoms with E-state index in [1.807, 2.05) is 30.3 Å². The number of hydrogen-bond donors (Lipinski definition) is 0. The van der Waals surface area contributed by atoms with Gasteiger partial charge < -0.3 is 9.47 Å². The highest BCUT2D eigenvalue weighted by Crippen LogP contribution is 2.48. The molecule has 2 aliphatic heterocycles. The number of amides is 2. The van der Waals surface area contributed by atoms with Crippen molar-refractivity contribution >= 4 is 29.2 Å². The predicted octanol–water partition coefficient (Wildman–Crippen LogP) is 3.84. The predicted molar refractivity (Wildman–Crippen MR) is 140 cm³/mol. The number of methoxy groups -OCH3 is 1. The lowest BCUT2D eigenvalue weighted by molar-refractivity contribution is -0.126. The number of aryl methyl sites for hydroxylation is 1. The Labute approximate surface area is 228 Å². The molecule has 1 aromatic heterocycles. The first-order valence-corrected chi connectivity index (χ1v) is 12.4. The highest BCUT2D eigenvalue weighted by atomic mass is 19.1. The van der Waals surface area contributed by atoms with Gasteiger partial charge in [0, 0.05) is 13.2 Å². The van der Waals surface area contributed by atoms with Crippen LogP contribution < -0.4 is 19.4 Å². The first-order chi connectivity index (χ1) is 19.4. The molecule has 0 N–H and O–H groups in total. The van der Waals surface area contributed by atoms with Gasteiger partial charge in [0.2, 0.25) is 5.91 Å². The van der Waals surface area contributed by atoms with E-state index in [-0.39, 0.29) is 22.9 Å². The maximum atomic E-state index is 13.8. The smallest absolute Gasteiger partial charge is 0.362 e. The lowest BCUT2D eigenvalue weighted by Crippen LogP contribution is -2.37. The van der Waals surface area contributed by atoms with Crippen LogP contribution in [-0.2, 0) is 21.5 Å². The van der Waals surface area contributed by atoms with Crippen molar-refractivity contribution < 1.29 is 33.1 Å². The van der Waals surface area contributed by atoms with Gasteiger partial charge in [-0.3, -0.25) is 19.1 Å². The topological polar surface area (TPSA) is 103 Å². The highest BCUT2D eigenvalue weighted by molar-refractivity contribution is 6.23. The Balaban J connectivity index is 1.38. The molecule has 2 amide bonds. The minimum absolute atomic E-state index is 0.168. The average Bonchev–Trinajstić information content (AvgIpc) is 3.64. The number of nitrogens with zero attached hydrogens (tertiary/aromatic N) is 4. The number of hydrogen-bond acceptors (Lipinski definition) is 8. The number of hydroxylamine groups is 1. The SMILES string of the molecule is COc1cc([C@@H]2[C@@H]3C(=O)N(c4ccc(F)cc4)C(=O)[C@@H]3ON2c2ccccc2)ccc1OC(=O)c1ccnn1C. The number of carbonyl (C=O) groups is 3. The minimum atomic E-state index is -1.10. The summed E-state index contributed by atoms with van der Waals surface area (Å²) in [7, 11) is 3.06. The Kier molecular flexibility index (Phi) is 6.27. The Hall–Kier alpha value is -5.03. The van der Waals surface area contributed by atoms with Crippen molar-refractivity contribution in [2.24, 2.45) is 13.0 Å². The van der Waals surface area contributed by atoms with Crippen molar-refractivity contribution in [2.75, 3.05) is 17.1 Å². The van der Waals surface area contributed by atoms with Crippen LogP contribution in [0.5, 0.6) is 11.5 Å². The molecule has 3 atom stereocenters. The van der Waals surface area contributed by atoms with E-state index < -0.39 is 41.7 Å². The third-order valence-corrected chi connectivity index (χ3v) is 6.97. The van der Waals surface area contributed by atoms with Crippen LogP contribution in [0.3, 0.4) is 0 Å². The van der Waals surface area contributed by atoms with Crippen molar-refractivity contribution in [2.45, 2.75) is 12.1 Å². The molecule has 0 saturated carbocycles. The normalized spacial score (nSPS) is 20.1. The van der Waals surface area contributed by atoms with E-state index in [1.54, 1.807) is 30.3 Å². The number of ether oxygens (including phenoxy) is 2. The van der Waals surface area contributed by atoms with Gasteiger partial charge >= 0.3 is 5.97 Å². The van der Waals surface area contributed by atoms with E-state index in [0.29, 0.717) is 11.3 Å². The Bertz CT molecular complexity index is 1610. The molecular weight excluding hydrogens is 519 g/mol. The maximum absolute atomic E-state index is 13.8. The molecule has 0 spiro atoms. The zero-order valence-electron chi connectivity index (χ0n) is 21.4. The maximum Gasteiger partial charge on any atom is 0.362 e. The number of aromatic nitrogens is 2. The molecule has 0 unspecified atom stereocenters. The molecule has 4 aromatic rings.